The van der Waals surface area contributed by atoms with E-state index in [-0.39, 0.29) is 12.1 Å². The van der Waals surface area contributed by atoms with Crippen LogP contribution in [0.3, 0.4) is 0 Å². The third-order valence-electron chi connectivity index (χ3n) is 5.14. The summed E-state index contributed by atoms with van der Waals surface area (Å²) in [6.07, 6.45) is 5.74. The number of rotatable bonds is 5. The van der Waals surface area contributed by atoms with E-state index in [1.807, 2.05) is 26.0 Å². The lowest BCUT2D eigenvalue weighted by molar-refractivity contribution is -0.142. The fourth-order valence-corrected chi connectivity index (χ4v) is 4.22. The van der Waals surface area contributed by atoms with Crippen molar-refractivity contribution in [2.75, 3.05) is 0 Å². The Hall–Kier alpha value is -1.55. The molecule has 1 saturated heterocycles. The molecule has 0 aromatic heterocycles. The molecule has 126 valence electrons. The van der Waals surface area contributed by atoms with E-state index in [0.29, 0.717) is 18.5 Å². The first-order valence-electron chi connectivity index (χ1n) is 8.78. The highest BCUT2D eigenvalue weighted by Crippen LogP contribution is 2.40. The Balaban J connectivity index is 1.77. The maximum atomic E-state index is 11.7. The molecule has 1 heterocycles. The van der Waals surface area contributed by atoms with Gasteiger partial charge < -0.3 is 9.84 Å². The second kappa shape index (κ2) is 6.91. The molecule has 1 aliphatic heterocycles. The molecule has 3 atom stereocenters. The first kappa shape index (κ1) is 16.3. The smallest absolute Gasteiger partial charge is 0.320 e. The molecule has 0 amide bonds. The van der Waals surface area contributed by atoms with Crippen LogP contribution < -0.4 is 4.74 Å². The standard InChI is InChI=1S/C19H27NO3/c1-13(2)23-16-8-5-6-14(10-16)12-20-17-9-4-3-7-15(17)11-18(20)19(21)22/h5-6,8,10,13,15,17-18H,3-4,7,9,11-12H2,1-2H3,(H,21,22)/t15-,17+,18+/m1/s1. The SMILES string of the molecule is CC(C)Oc1cccc(CN2[C@H](C(=O)O)C[C@H]3CCCC[C@@H]32)c1. The third kappa shape index (κ3) is 3.69. The molecular formula is C19H27NO3. The molecule has 1 N–H and O–H groups in total. The minimum Gasteiger partial charge on any atom is -0.491 e. The van der Waals surface area contributed by atoms with Gasteiger partial charge in [0.25, 0.3) is 0 Å². The highest BCUT2D eigenvalue weighted by molar-refractivity contribution is 5.74. The Morgan fingerprint density at radius 1 is 1.35 bits per heavy atom. The summed E-state index contributed by atoms with van der Waals surface area (Å²) in [5.74, 6) is 0.748. The largest absolute Gasteiger partial charge is 0.491 e. The van der Waals surface area contributed by atoms with Gasteiger partial charge in [0, 0.05) is 12.6 Å². The molecule has 2 fully saturated rings. The fourth-order valence-electron chi connectivity index (χ4n) is 4.22. The summed E-state index contributed by atoms with van der Waals surface area (Å²) < 4.78 is 5.77. The number of carboxylic acids is 1. The lowest BCUT2D eigenvalue weighted by Crippen LogP contribution is -2.41. The average Bonchev–Trinajstić information content (AvgIpc) is 2.86. The monoisotopic (exact) mass is 317 g/mol. The summed E-state index contributed by atoms with van der Waals surface area (Å²) in [6, 6.07) is 8.18. The molecule has 23 heavy (non-hydrogen) atoms. The van der Waals surface area contributed by atoms with E-state index in [4.69, 9.17) is 4.74 Å². The van der Waals surface area contributed by atoms with E-state index in [1.54, 1.807) is 0 Å². The molecule has 4 nitrogen and oxygen atoms in total. The highest BCUT2D eigenvalue weighted by atomic mass is 16.5. The Bertz CT molecular complexity index is 557. The minimum absolute atomic E-state index is 0.145. The number of carboxylic acid groups (broad SMARTS) is 1. The molecule has 1 aromatic carbocycles. The molecule has 1 saturated carbocycles. The molecule has 1 aliphatic carbocycles. The van der Waals surface area contributed by atoms with Crippen molar-refractivity contribution in [2.45, 2.75) is 70.7 Å². The predicted octanol–water partition coefficient (Wildman–Crippen LogP) is 3.69. The Labute approximate surface area is 138 Å². The number of benzene rings is 1. The van der Waals surface area contributed by atoms with Crippen LogP contribution in [0.5, 0.6) is 5.75 Å². The summed E-state index contributed by atoms with van der Waals surface area (Å²) in [4.78, 5) is 13.9. The zero-order valence-corrected chi connectivity index (χ0v) is 14.1. The minimum atomic E-state index is -0.672. The number of aliphatic carboxylic acids is 1. The van der Waals surface area contributed by atoms with E-state index in [9.17, 15) is 9.90 Å². The van der Waals surface area contributed by atoms with Gasteiger partial charge in [0.1, 0.15) is 11.8 Å². The van der Waals surface area contributed by atoms with E-state index in [0.717, 1.165) is 24.2 Å². The first-order valence-corrected chi connectivity index (χ1v) is 8.78. The summed E-state index contributed by atoms with van der Waals surface area (Å²) in [5.41, 5.74) is 1.14. The quantitative estimate of drug-likeness (QED) is 0.900. The van der Waals surface area contributed by atoms with Gasteiger partial charge in [0.05, 0.1) is 6.10 Å². The van der Waals surface area contributed by atoms with Gasteiger partial charge in [-0.3, -0.25) is 9.69 Å². The van der Waals surface area contributed by atoms with E-state index < -0.39 is 5.97 Å². The van der Waals surface area contributed by atoms with Crippen molar-refractivity contribution in [3.05, 3.63) is 29.8 Å². The second-order valence-corrected chi connectivity index (χ2v) is 7.19. The molecule has 2 aliphatic rings. The van der Waals surface area contributed by atoms with Crippen molar-refractivity contribution in [1.82, 2.24) is 4.90 Å². The van der Waals surface area contributed by atoms with Crippen LogP contribution in [-0.2, 0) is 11.3 Å². The maximum Gasteiger partial charge on any atom is 0.320 e. The molecule has 0 unspecified atom stereocenters. The molecule has 0 bridgehead atoms. The van der Waals surface area contributed by atoms with Gasteiger partial charge in [-0.1, -0.05) is 25.0 Å². The molecule has 4 heteroatoms. The number of fused-ring (bicyclic) bond motifs is 1. The summed E-state index contributed by atoms with van der Waals surface area (Å²) >= 11 is 0. The normalized spacial score (nSPS) is 27.9. The van der Waals surface area contributed by atoms with Crippen LogP contribution >= 0.6 is 0 Å². The van der Waals surface area contributed by atoms with Gasteiger partial charge in [-0.2, -0.15) is 0 Å². The summed E-state index contributed by atoms with van der Waals surface area (Å²) in [7, 11) is 0. The number of nitrogens with zero attached hydrogens (tertiary/aromatic N) is 1. The van der Waals surface area contributed by atoms with Crippen LogP contribution in [-0.4, -0.2) is 34.2 Å². The number of likely N-dealkylation sites (tertiary alicyclic amines) is 1. The van der Waals surface area contributed by atoms with Crippen molar-refractivity contribution in [1.29, 1.82) is 0 Å². The highest BCUT2D eigenvalue weighted by Gasteiger charge is 2.44. The molecule has 3 rings (SSSR count). The van der Waals surface area contributed by atoms with Gasteiger partial charge in [0.15, 0.2) is 0 Å². The van der Waals surface area contributed by atoms with Gasteiger partial charge in [-0.05, 0) is 56.7 Å². The van der Waals surface area contributed by atoms with E-state index in [1.165, 1.54) is 19.3 Å². The first-order chi connectivity index (χ1) is 11.0. The van der Waals surface area contributed by atoms with Crippen molar-refractivity contribution in [3.8, 4) is 5.75 Å². The van der Waals surface area contributed by atoms with Crippen LogP contribution in [0.4, 0.5) is 0 Å². The van der Waals surface area contributed by atoms with Gasteiger partial charge in [-0.25, -0.2) is 0 Å². The summed E-state index contributed by atoms with van der Waals surface area (Å²) in [6.45, 7) is 4.73. The molecular weight excluding hydrogens is 290 g/mol. The number of ether oxygens (including phenoxy) is 1. The van der Waals surface area contributed by atoms with Crippen LogP contribution in [0, 0.1) is 5.92 Å². The number of hydrogen-bond acceptors (Lipinski definition) is 3. The fraction of sp³-hybridized carbons (Fsp3) is 0.632. The Morgan fingerprint density at radius 3 is 2.87 bits per heavy atom. The molecule has 0 spiro atoms. The van der Waals surface area contributed by atoms with Gasteiger partial charge in [-0.15, -0.1) is 0 Å². The average molecular weight is 317 g/mol. The Kier molecular flexibility index (Phi) is 4.90. The van der Waals surface area contributed by atoms with Gasteiger partial charge in [0.2, 0.25) is 0 Å². The van der Waals surface area contributed by atoms with Crippen molar-refractivity contribution in [3.63, 3.8) is 0 Å². The maximum absolute atomic E-state index is 11.7. The van der Waals surface area contributed by atoms with Crippen molar-refractivity contribution in [2.24, 2.45) is 5.92 Å². The van der Waals surface area contributed by atoms with Crippen LogP contribution in [0.1, 0.15) is 51.5 Å². The number of carbonyl (C=O) groups is 1. The summed E-state index contributed by atoms with van der Waals surface area (Å²) in [5, 5.41) is 9.62. The second-order valence-electron chi connectivity index (χ2n) is 7.19. The van der Waals surface area contributed by atoms with Crippen LogP contribution in [0.25, 0.3) is 0 Å². The molecule has 0 radical (unpaired) electrons. The van der Waals surface area contributed by atoms with Crippen LogP contribution in [0.15, 0.2) is 24.3 Å². The van der Waals surface area contributed by atoms with Crippen molar-refractivity contribution >= 4 is 5.97 Å². The lowest BCUT2D eigenvalue weighted by Gasteiger charge is -2.33. The zero-order chi connectivity index (χ0) is 16.4. The van der Waals surface area contributed by atoms with Crippen LogP contribution in [0.2, 0.25) is 0 Å². The van der Waals surface area contributed by atoms with Crippen molar-refractivity contribution < 1.29 is 14.6 Å². The van der Waals surface area contributed by atoms with Gasteiger partial charge >= 0.3 is 5.97 Å². The molecule has 1 aromatic rings. The Morgan fingerprint density at radius 2 is 2.13 bits per heavy atom. The van der Waals surface area contributed by atoms with E-state index in [2.05, 4.69) is 17.0 Å². The number of hydrogen-bond donors (Lipinski definition) is 1. The predicted molar refractivity (Wildman–Crippen MR) is 89.5 cm³/mol. The topological polar surface area (TPSA) is 49.8 Å². The van der Waals surface area contributed by atoms with E-state index >= 15 is 0 Å². The lowest BCUT2D eigenvalue weighted by atomic mass is 9.84. The zero-order valence-electron chi connectivity index (χ0n) is 14.1. The third-order valence-corrected chi connectivity index (χ3v) is 5.14.